The Morgan fingerprint density at radius 1 is 1.07 bits per heavy atom. The van der Waals surface area contributed by atoms with E-state index in [2.05, 4.69) is 53.6 Å². The van der Waals surface area contributed by atoms with Gasteiger partial charge in [-0.3, -0.25) is 9.69 Å². The zero-order valence-electron chi connectivity index (χ0n) is 25.8. The second-order valence-corrected chi connectivity index (χ2v) is 12.6. The number of halogens is 1. The largest absolute Gasteiger partial charge is 0.486 e. The minimum Gasteiger partial charge on any atom is -0.486 e. The fraction of sp³-hybridized carbons (Fsp3) is 0.500. The summed E-state index contributed by atoms with van der Waals surface area (Å²) in [4.78, 5) is 30.9. The van der Waals surface area contributed by atoms with Gasteiger partial charge in [0.2, 0.25) is 5.95 Å². The predicted octanol–water partition coefficient (Wildman–Crippen LogP) is 3.88. The lowest BCUT2D eigenvalue weighted by Gasteiger charge is -2.43. The van der Waals surface area contributed by atoms with Crippen molar-refractivity contribution < 1.29 is 18.7 Å². The van der Waals surface area contributed by atoms with E-state index in [1.54, 1.807) is 18.2 Å². The summed E-state index contributed by atoms with van der Waals surface area (Å²) < 4.78 is 26.5. The maximum absolute atomic E-state index is 15.2. The van der Waals surface area contributed by atoms with Gasteiger partial charge in [0.05, 0.1) is 30.9 Å². The maximum atomic E-state index is 15.2. The third-order valence-electron chi connectivity index (χ3n) is 9.67. The summed E-state index contributed by atoms with van der Waals surface area (Å²) in [7, 11) is 0. The lowest BCUT2D eigenvalue weighted by Crippen LogP contribution is -2.56. The molecule has 4 aliphatic rings. The summed E-state index contributed by atoms with van der Waals surface area (Å²) in [6.45, 7) is 6.60. The summed E-state index contributed by atoms with van der Waals surface area (Å²) in [5.41, 5.74) is 2.92. The number of nitrogens with zero attached hydrogens (tertiary/aromatic N) is 6. The van der Waals surface area contributed by atoms with Gasteiger partial charge in [0, 0.05) is 49.0 Å². The van der Waals surface area contributed by atoms with Crippen LogP contribution in [0.2, 0.25) is 0 Å². The molecule has 240 valence electrons. The molecule has 4 fully saturated rings. The van der Waals surface area contributed by atoms with Crippen LogP contribution < -0.4 is 20.3 Å². The Balaban J connectivity index is 0.960. The van der Waals surface area contributed by atoms with Crippen molar-refractivity contribution in [2.75, 3.05) is 56.2 Å². The van der Waals surface area contributed by atoms with E-state index in [1.807, 2.05) is 12.1 Å². The molecule has 11 nitrogen and oxygen atoms in total. The molecule has 0 amide bonds. The van der Waals surface area contributed by atoms with Crippen molar-refractivity contribution in [1.82, 2.24) is 25.2 Å². The van der Waals surface area contributed by atoms with Gasteiger partial charge in [-0.2, -0.15) is 10.2 Å². The fourth-order valence-corrected chi connectivity index (χ4v) is 6.87. The Morgan fingerprint density at radius 3 is 2.59 bits per heavy atom. The number of aromatic nitrogens is 3. The molecule has 1 saturated carbocycles. The van der Waals surface area contributed by atoms with E-state index >= 15 is 4.39 Å². The summed E-state index contributed by atoms with van der Waals surface area (Å²) in [6.07, 6.45) is 2.41. The number of piperazine rings is 1. The molecule has 2 N–H and O–H groups in total. The van der Waals surface area contributed by atoms with Gasteiger partial charge < -0.3 is 25.0 Å². The van der Waals surface area contributed by atoms with Crippen LogP contribution in [0.15, 0.2) is 48.8 Å². The number of alkyl halides is 1. The van der Waals surface area contributed by atoms with Crippen LogP contribution in [-0.2, 0) is 9.53 Å². The number of hydrogen-bond donors (Lipinski definition) is 2. The molecule has 1 aromatic heterocycles. The van der Waals surface area contributed by atoms with Gasteiger partial charge >= 0.3 is 0 Å². The number of Topliss-reactive ketones (excluding diaryl/α,β-unsaturated/α-hetero) is 1. The molecular formula is C34H39FN8O3. The Hall–Kier alpha value is -4.18. The van der Waals surface area contributed by atoms with Crippen LogP contribution in [0.4, 0.5) is 21.7 Å². The van der Waals surface area contributed by atoms with E-state index in [4.69, 9.17) is 9.47 Å². The van der Waals surface area contributed by atoms with Gasteiger partial charge in [-0.15, -0.1) is 0 Å². The SMILES string of the molecule is N#Cc1cc(-c2ncnc(Nc3ccc(N4CCN(C5COC5)CC4)cc3)n2)ccc1O[C@H]1CCC(C(=O)[C@@H]2CCCN2)C[C@H]1F. The molecule has 0 spiro atoms. The van der Waals surface area contributed by atoms with Gasteiger partial charge in [-0.1, -0.05) is 0 Å². The number of carbonyl (C=O) groups excluding carboxylic acids is 1. The van der Waals surface area contributed by atoms with Crippen LogP contribution in [0.5, 0.6) is 5.75 Å². The van der Waals surface area contributed by atoms with Crippen molar-refractivity contribution in [2.24, 2.45) is 5.92 Å². The van der Waals surface area contributed by atoms with Crippen molar-refractivity contribution in [3.8, 4) is 23.2 Å². The van der Waals surface area contributed by atoms with Crippen LogP contribution in [0, 0.1) is 17.2 Å². The maximum Gasteiger partial charge on any atom is 0.230 e. The predicted molar refractivity (Wildman–Crippen MR) is 171 cm³/mol. The standard InChI is InChI=1S/C34H39FN8O3/c35-28-17-22(32(44)29-2-1-11-37-29)3-10-31(28)46-30-9-4-23(16-24(30)18-36)33-38-21-39-34(41-33)40-25-5-7-26(8-6-25)42-12-14-43(15-13-42)27-19-45-20-27/h4-9,16,21-22,27-29,31,37H,1-3,10-15,17,19-20H2,(H,38,39,40,41)/t22?,28-,29+,31+/m1/s1. The molecule has 4 heterocycles. The van der Waals surface area contributed by atoms with E-state index in [-0.39, 0.29) is 29.7 Å². The number of hydrogen-bond acceptors (Lipinski definition) is 11. The van der Waals surface area contributed by atoms with Crippen molar-refractivity contribution in [2.45, 2.75) is 56.5 Å². The van der Waals surface area contributed by atoms with Crippen molar-refractivity contribution in [3.63, 3.8) is 0 Å². The third-order valence-corrected chi connectivity index (χ3v) is 9.67. The van der Waals surface area contributed by atoms with Crippen LogP contribution in [0.25, 0.3) is 11.4 Å². The highest BCUT2D eigenvalue weighted by atomic mass is 19.1. The fourth-order valence-electron chi connectivity index (χ4n) is 6.87. The van der Waals surface area contributed by atoms with Gasteiger partial charge in [-0.05, 0) is 81.1 Å². The van der Waals surface area contributed by atoms with Crippen LogP contribution in [0.3, 0.4) is 0 Å². The monoisotopic (exact) mass is 626 g/mol. The zero-order chi connectivity index (χ0) is 31.5. The first-order valence-corrected chi connectivity index (χ1v) is 16.3. The molecule has 1 unspecified atom stereocenters. The Morgan fingerprint density at radius 2 is 1.89 bits per heavy atom. The van der Waals surface area contributed by atoms with Gasteiger partial charge in [0.25, 0.3) is 0 Å². The number of carbonyl (C=O) groups is 1. The van der Waals surface area contributed by atoms with Gasteiger partial charge in [-0.25, -0.2) is 14.4 Å². The lowest BCUT2D eigenvalue weighted by atomic mass is 9.81. The quantitative estimate of drug-likeness (QED) is 0.359. The molecule has 1 aliphatic carbocycles. The second-order valence-electron chi connectivity index (χ2n) is 12.6. The first-order chi connectivity index (χ1) is 22.5. The summed E-state index contributed by atoms with van der Waals surface area (Å²) in [5.74, 6) is 0.920. The highest BCUT2D eigenvalue weighted by molar-refractivity contribution is 5.86. The number of benzene rings is 2. The molecule has 2 aromatic carbocycles. The lowest BCUT2D eigenvalue weighted by molar-refractivity contribution is -0.127. The number of nitriles is 1. The summed E-state index contributed by atoms with van der Waals surface area (Å²) in [6, 6.07) is 15.9. The zero-order valence-corrected chi connectivity index (χ0v) is 25.8. The molecular weight excluding hydrogens is 587 g/mol. The molecule has 0 radical (unpaired) electrons. The third kappa shape index (κ3) is 6.67. The van der Waals surface area contributed by atoms with E-state index < -0.39 is 12.3 Å². The van der Waals surface area contributed by atoms with Crippen LogP contribution in [0.1, 0.15) is 37.7 Å². The first kappa shape index (κ1) is 30.5. The van der Waals surface area contributed by atoms with E-state index in [9.17, 15) is 10.1 Å². The first-order valence-electron chi connectivity index (χ1n) is 16.3. The number of anilines is 3. The number of ether oxygens (including phenoxy) is 2. The highest BCUT2D eigenvalue weighted by Gasteiger charge is 2.38. The Labute approximate surface area is 268 Å². The van der Waals surface area contributed by atoms with Crippen LogP contribution in [-0.4, -0.2) is 95.9 Å². The van der Waals surface area contributed by atoms with E-state index in [0.717, 1.165) is 64.5 Å². The minimum absolute atomic E-state index is 0.119. The van der Waals surface area contributed by atoms with Crippen molar-refractivity contribution in [3.05, 3.63) is 54.4 Å². The summed E-state index contributed by atoms with van der Waals surface area (Å²) >= 11 is 0. The molecule has 3 saturated heterocycles. The van der Waals surface area contributed by atoms with E-state index in [0.29, 0.717) is 42.0 Å². The Bertz CT molecular complexity index is 1570. The average molecular weight is 627 g/mol. The number of ketones is 1. The topological polar surface area (TPSA) is 129 Å². The number of rotatable bonds is 9. The highest BCUT2D eigenvalue weighted by Crippen LogP contribution is 2.34. The number of nitrogens with one attached hydrogen (secondary N) is 2. The van der Waals surface area contributed by atoms with E-state index in [1.165, 1.54) is 12.0 Å². The van der Waals surface area contributed by atoms with Gasteiger partial charge in [0.15, 0.2) is 11.6 Å². The summed E-state index contributed by atoms with van der Waals surface area (Å²) in [5, 5.41) is 16.4. The normalized spacial score (nSPS) is 25.4. The molecule has 7 rings (SSSR count). The molecule has 3 aliphatic heterocycles. The van der Waals surface area contributed by atoms with Crippen LogP contribution >= 0.6 is 0 Å². The molecule has 46 heavy (non-hydrogen) atoms. The van der Waals surface area contributed by atoms with Crippen molar-refractivity contribution in [1.29, 1.82) is 5.26 Å². The second kappa shape index (κ2) is 13.7. The smallest absolute Gasteiger partial charge is 0.230 e. The molecule has 4 atom stereocenters. The molecule has 3 aromatic rings. The molecule has 0 bridgehead atoms. The Kier molecular flexibility index (Phi) is 9.05. The minimum atomic E-state index is -1.28. The van der Waals surface area contributed by atoms with Crippen molar-refractivity contribution >= 4 is 23.1 Å². The molecule has 12 heteroatoms. The van der Waals surface area contributed by atoms with Gasteiger partial charge in [0.1, 0.15) is 30.4 Å². The average Bonchev–Trinajstić information content (AvgIpc) is 3.61.